The topological polar surface area (TPSA) is 51.8 Å². The van der Waals surface area contributed by atoms with Gasteiger partial charge in [-0.1, -0.05) is 139 Å². The summed E-state index contributed by atoms with van der Waals surface area (Å²) in [5.74, 6) is 0.210. The number of fused-ring (bicyclic) bond motifs is 9. The van der Waals surface area contributed by atoms with Crippen LogP contribution in [0.1, 0.15) is 16.4 Å². The molecule has 2 aromatic heterocycles. The van der Waals surface area contributed by atoms with Crippen LogP contribution in [-0.4, -0.2) is 15.0 Å². The molecule has 10 rings (SSSR count). The Hall–Kier alpha value is -6.65. The van der Waals surface area contributed by atoms with E-state index in [1.54, 1.807) is 54.6 Å². The molecular formula is C45H27N3O. The molecule has 4 nitrogen and oxygen atoms in total. The fourth-order valence-corrected chi connectivity index (χ4v) is 6.39. The lowest BCUT2D eigenvalue weighted by atomic mass is 9.92. The van der Waals surface area contributed by atoms with Gasteiger partial charge >= 0.3 is 0 Å². The summed E-state index contributed by atoms with van der Waals surface area (Å²) in [5.41, 5.74) is 2.34. The molecule has 0 aliphatic heterocycles. The first-order valence-electron chi connectivity index (χ1n) is 21.5. The van der Waals surface area contributed by atoms with Gasteiger partial charge in [0.25, 0.3) is 0 Å². The van der Waals surface area contributed by atoms with E-state index >= 15 is 0 Å². The normalized spacial score (nSPS) is 15.1. The highest BCUT2D eigenvalue weighted by atomic mass is 16.3. The Kier molecular flexibility index (Phi) is 4.04. The molecule has 0 saturated carbocycles. The summed E-state index contributed by atoms with van der Waals surface area (Å²) in [7, 11) is 0. The first kappa shape index (κ1) is 18.0. The van der Waals surface area contributed by atoms with Crippen molar-refractivity contribution in [2.75, 3.05) is 0 Å². The third-order valence-corrected chi connectivity index (χ3v) is 8.65. The lowest BCUT2D eigenvalue weighted by Crippen LogP contribution is -2.00. The Morgan fingerprint density at radius 2 is 1.16 bits per heavy atom. The number of furan rings is 1. The molecule has 4 heteroatoms. The van der Waals surface area contributed by atoms with Crippen molar-refractivity contribution >= 4 is 54.3 Å². The van der Waals surface area contributed by atoms with Crippen LogP contribution in [0.3, 0.4) is 0 Å². The molecular weight excluding hydrogens is 599 g/mol. The van der Waals surface area contributed by atoms with E-state index in [-0.39, 0.29) is 87.1 Å². The van der Waals surface area contributed by atoms with Crippen LogP contribution in [0.5, 0.6) is 0 Å². The SMILES string of the molecule is [2H]c1cc2c(cc1[2H])c1c([2H])c([2H])cc([2H])c1c1c([2H])c(-c3ccc4c(c3)oc3c(-c5nc(-c6ccccc6)nc(-c6c([2H])c([2H])c([2H])c([2H])c6[2H])n5)cccc34)c([2H])cc21. The van der Waals surface area contributed by atoms with Crippen LogP contribution in [0.4, 0.5) is 0 Å². The quantitative estimate of drug-likeness (QED) is 0.180. The molecule has 0 unspecified atom stereocenters. The molecule has 0 amide bonds. The largest absolute Gasteiger partial charge is 0.455 e. The average Bonchev–Trinajstić information content (AvgIpc) is 3.63. The lowest BCUT2D eigenvalue weighted by molar-refractivity contribution is 0.669. The number of nitrogens with zero attached hydrogens (tertiary/aromatic N) is 3. The summed E-state index contributed by atoms with van der Waals surface area (Å²) < 4.78 is 110. The number of para-hydroxylation sites is 1. The van der Waals surface area contributed by atoms with E-state index in [0.717, 1.165) is 0 Å². The zero-order chi connectivity index (χ0) is 42.8. The predicted octanol–water partition coefficient (Wildman–Crippen LogP) is 11.9. The molecule has 228 valence electrons. The summed E-state index contributed by atoms with van der Waals surface area (Å²) in [6.07, 6.45) is 0. The summed E-state index contributed by atoms with van der Waals surface area (Å²) in [5, 5.41) is 3.41. The number of rotatable bonds is 4. The lowest BCUT2D eigenvalue weighted by Gasteiger charge is -2.12. The number of aromatic nitrogens is 3. The number of benzene rings is 8. The van der Waals surface area contributed by atoms with Gasteiger partial charge in [-0.15, -0.1) is 0 Å². The van der Waals surface area contributed by atoms with Crippen LogP contribution < -0.4 is 0 Å². The Morgan fingerprint density at radius 1 is 0.408 bits per heavy atom. The minimum absolute atomic E-state index is 0.00988. The second kappa shape index (κ2) is 11.0. The van der Waals surface area contributed by atoms with Crippen molar-refractivity contribution < 1.29 is 20.9 Å². The minimum atomic E-state index is -0.541. The van der Waals surface area contributed by atoms with E-state index in [0.29, 0.717) is 54.8 Å². The molecule has 0 aliphatic carbocycles. The standard InChI is InChI=1S/C45H27N3O/c1-3-12-28(13-4-1)43-46-44(29-14-5-2-6-15-29)48-45(47-43)39-21-11-20-38-37-25-23-31(27-41(37)49-42(38)39)30-22-24-36-34-18-8-7-16-32(34)33-17-9-10-19-35(33)40(36)26-30/h1-27H/i1D,3D,4D,7D,8D,9D,12D,13D,17D,19D,22D,26D. The van der Waals surface area contributed by atoms with Crippen LogP contribution in [0.15, 0.2) is 168 Å². The fraction of sp³-hybridized carbons (Fsp3) is 0. The van der Waals surface area contributed by atoms with Crippen molar-refractivity contribution in [3.05, 3.63) is 164 Å². The van der Waals surface area contributed by atoms with Crippen molar-refractivity contribution in [2.45, 2.75) is 0 Å². The van der Waals surface area contributed by atoms with Crippen molar-refractivity contribution in [2.24, 2.45) is 0 Å². The van der Waals surface area contributed by atoms with Crippen molar-refractivity contribution in [3.63, 3.8) is 0 Å². The third-order valence-electron chi connectivity index (χ3n) is 8.65. The van der Waals surface area contributed by atoms with Gasteiger partial charge in [0.15, 0.2) is 17.5 Å². The van der Waals surface area contributed by atoms with Crippen molar-refractivity contribution in [1.29, 1.82) is 0 Å². The predicted molar refractivity (Wildman–Crippen MR) is 201 cm³/mol. The Labute approximate surface area is 298 Å². The van der Waals surface area contributed by atoms with Gasteiger partial charge in [0, 0.05) is 21.9 Å². The Bertz CT molecular complexity index is 3550. The monoisotopic (exact) mass is 637 g/mol. The molecule has 0 aliphatic rings. The van der Waals surface area contributed by atoms with Gasteiger partial charge in [0.05, 0.1) is 22.0 Å². The Balaban J connectivity index is 1.20. The first-order chi connectivity index (χ1) is 29.2. The van der Waals surface area contributed by atoms with Crippen molar-refractivity contribution in [3.8, 4) is 45.3 Å². The van der Waals surface area contributed by atoms with Crippen molar-refractivity contribution in [1.82, 2.24) is 15.0 Å². The van der Waals surface area contributed by atoms with E-state index in [1.165, 1.54) is 18.2 Å². The number of hydrogen-bond acceptors (Lipinski definition) is 4. The molecule has 49 heavy (non-hydrogen) atoms. The smallest absolute Gasteiger partial charge is 0.167 e. The van der Waals surface area contributed by atoms with Crippen LogP contribution >= 0.6 is 0 Å². The van der Waals surface area contributed by atoms with Crippen LogP contribution in [0, 0.1) is 0 Å². The molecule has 0 atom stereocenters. The van der Waals surface area contributed by atoms with E-state index in [4.69, 9.17) is 23.1 Å². The van der Waals surface area contributed by atoms with Crippen LogP contribution in [-0.2, 0) is 0 Å². The summed E-state index contributed by atoms with van der Waals surface area (Å²) in [6.45, 7) is 0. The fourth-order valence-electron chi connectivity index (χ4n) is 6.39. The van der Waals surface area contributed by atoms with Gasteiger partial charge in [-0.05, 0) is 67.7 Å². The third kappa shape index (κ3) is 4.49. The second-order valence-electron chi connectivity index (χ2n) is 11.5. The van der Waals surface area contributed by atoms with Gasteiger partial charge in [0.1, 0.15) is 11.2 Å². The molecule has 10 aromatic rings. The zero-order valence-electron chi connectivity index (χ0n) is 37.4. The molecule has 0 spiro atoms. The first-order valence-corrected chi connectivity index (χ1v) is 15.5. The molecule has 0 N–H and O–H groups in total. The minimum Gasteiger partial charge on any atom is -0.455 e. The highest BCUT2D eigenvalue weighted by Crippen LogP contribution is 2.40. The maximum atomic E-state index is 9.60. The highest BCUT2D eigenvalue weighted by molar-refractivity contribution is 6.25. The number of hydrogen-bond donors (Lipinski definition) is 0. The molecule has 2 heterocycles. The molecule has 0 radical (unpaired) electrons. The summed E-state index contributed by atoms with van der Waals surface area (Å²) in [6, 6.07) is 22.2. The molecule has 0 bridgehead atoms. The van der Waals surface area contributed by atoms with E-state index in [2.05, 4.69) is 9.97 Å². The Morgan fingerprint density at radius 3 is 2.02 bits per heavy atom. The van der Waals surface area contributed by atoms with Crippen LogP contribution in [0.2, 0.25) is 0 Å². The van der Waals surface area contributed by atoms with Gasteiger partial charge in [0.2, 0.25) is 0 Å². The maximum Gasteiger partial charge on any atom is 0.167 e. The molecule has 0 fully saturated rings. The molecule has 8 aromatic carbocycles. The van der Waals surface area contributed by atoms with E-state index in [1.807, 2.05) is 18.2 Å². The van der Waals surface area contributed by atoms with Gasteiger partial charge < -0.3 is 4.42 Å². The maximum absolute atomic E-state index is 9.60. The average molecular weight is 638 g/mol. The van der Waals surface area contributed by atoms with E-state index in [9.17, 15) is 2.74 Å². The van der Waals surface area contributed by atoms with Gasteiger partial charge in [-0.25, -0.2) is 15.0 Å². The highest BCUT2D eigenvalue weighted by Gasteiger charge is 2.18. The van der Waals surface area contributed by atoms with E-state index < -0.39 is 30.2 Å². The van der Waals surface area contributed by atoms with Crippen LogP contribution in [0.25, 0.3) is 99.5 Å². The zero-order valence-corrected chi connectivity index (χ0v) is 25.4. The summed E-state index contributed by atoms with van der Waals surface area (Å²) in [4.78, 5) is 14.1. The van der Waals surface area contributed by atoms with Gasteiger partial charge in [-0.2, -0.15) is 0 Å². The molecule has 0 saturated heterocycles. The van der Waals surface area contributed by atoms with Gasteiger partial charge in [-0.3, -0.25) is 0 Å². The second-order valence-corrected chi connectivity index (χ2v) is 11.5. The summed E-state index contributed by atoms with van der Waals surface area (Å²) >= 11 is 0.